The number of imidazole rings is 1. The smallest absolute Gasteiger partial charge is 0.381 e. The van der Waals surface area contributed by atoms with Crippen LogP contribution in [0.1, 0.15) is 44.6 Å². The van der Waals surface area contributed by atoms with Gasteiger partial charge >= 0.3 is 6.18 Å². The molecule has 0 bridgehead atoms. The minimum absolute atomic E-state index is 0.152. The highest BCUT2D eigenvalue weighted by atomic mass is 19.4. The highest BCUT2D eigenvalue weighted by Gasteiger charge is 2.32. The van der Waals surface area contributed by atoms with Crippen molar-refractivity contribution in [2.45, 2.75) is 32.6 Å². The lowest BCUT2D eigenvalue weighted by atomic mass is 10.1. The van der Waals surface area contributed by atoms with E-state index in [1.54, 1.807) is 56.4 Å². The standard InChI is InChI=1S/C30H26F3N7O3/c1-17-14-40(16-35-17)24-10-20(9-21(11-24)30(31,32)33)28(42)37-23-5-3-4-19(8-23)13-34-22-6-7-25-26(12-22)38-39-27(25)29(43)36-18(2)15-41/h3-12,14-16,18,34H,13H2,1-2H3,(H,36,43)(H,37,42)(H,38,39)/t18-/m0/s1. The van der Waals surface area contributed by atoms with Gasteiger partial charge in [0.25, 0.3) is 11.8 Å². The Morgan fingerprint density at radius 3 is 2.58 bits per heavy atom. The molecule has 3 aromatic carbocycles. The molecule has 5 rings (SSSR count). The summed E-state index contributed by atoms with van der Waals surface area (Å²) in [6, 6.07) is 14.7. The zero-order chi connectivity index (χ0) is 30.7. The molecule has 0 fully saturated rings. The van der Waals surface area contributed by atoms with Crippen LogP contribution in [-0.4, -0.2) is 43.9 Å². The van der Waals surface area contributed by atoms with Gasteiger partial charge in [-0.25, -0.2) is 4.98 Å². The second kappa shape index (κ2) is 11.8. The van der Waals surface area contributed by atoms with E-state index in [4.69, 9.17) is 0 Å². The molecule has 13 heteroatoms. The van der Waals surface area contributed by atoms with E-state index in [2.05, 4.69) is 31.1 Å². The van der Waals surface area contributed by atoms with Crippen LogP contribution in [0.15, 0.2) is 73.2 Å². The fraction of sp³-hybridized carbons (Fsp3) is 0.167. The number of aldehydes is 1. The summed E-state index contributed by atoms with van der Waals surface area (Å²) in [7, 11) is 0. The van der Waals surface area contributed by atoms with E-state index >= 15 is 0 Å². The van der Waals surface area contributed by atoms with Gasteiger partial charge in [-0.15, -0.1) is 0 Å². The summed E-state index contributed by atoms with van der Waals surface area (Å²) in [5, 5.41) is 15.9. The quantitative estimate of drug-likeness (QED) is 0.174. The molecule has 0 spiro atoms. The zero-order valence-corrected chi connectivity index (χ0v) is 23.0. The molecule has 1 atom stereocenters. The number of benzene rings is 3. The first-order chi connectivity index (χ1) is 20.5. The van der Waals surface area contributed by atoms with Crippen molar-refractivity contribution in [3.8, 4) is 5.69 Å². The van der Waals surface area contributed by atoms with Crippen molar-refractivity contribution in [3.05, 3.63) is 101 Å². The number of aryl methyl sites for hydroxylation is 1. The number of alkyl halides is 3. The highest BCUT2D eigenvalue weighted by molar-refractivity contribution is 6.06. The van der Waals surface area contributed by atoms with Gasteiger partial charge in [-0.2, -0.15) is 18.3 Å². The molecule has 4 N–H and O–H groups in total. The van der Waals surface area contributed by atoms with Crippen molar-refractivity contribution in [1.82, 2.24) is 25.1 Å². The fourth-order valence-corrected chi connectivity index (χ4v) is 4.39. The Kier molecular flexibility index (Phi) is 7.97. The third-order valence-corrected chi connectivity index (χ3v) is 6.54. The summed E-state index contributed by atoms with van der Waals surface area (Å²) in [6.45, 7) is 3.64. The monoisotopic (exact) mass is 589 g/mol. The molecule has 0 unspecified atom stereocenters. The number of nitrogens with zero attached hydrogens (tertiary/aromatic N) is 3. The Hall–Kier alpha value is -5.46. The number of aromatic amines is 1. The van der Waals surface area contributed by atoms with E-state index in [1.165, 1.54) is 17.0 Å². The molecule has 43 heavy (non-hydrogen) atoms. The lowest BCUT2D eigenvalue weighted by molar-refractivity contribution is -0.137. The number of anilines is 2. The molecule has 0 aliphatic heterocycles. The van der Waals surface area contributed by atoms with E-state index in [1.807, 2.05) is 6.07 Å². The number of rotatable bonds is 9. The summed E-state index contributed by atoms with van der Waals surface area (Å²) in [5.41, 5.74) is 2.39. The summed E-state index contributed by atoms with van der Waals surface area (Å²) in [6.07, 6.45) is -1.06. The average Bonchev–Trinajstić information content (AvgIpc) is 3.61. The number of H-pyrrole nitrogens is 1. The predicted octanol–water partition coefficient (Wildman–Crippen LogP) is 5.26. The molecule has 0 saturated heterocycles. The van der Waals surface area contributed by atoms with E-state index < -0.39 is 29.6 Å². The maximum Gasteiger partial charge on any atom is 0.416 e. The third kappa shape index (κ3) is 6.72. The van der Waals surface area contributed by atoms with Gasteiger partial charge in [0, 0.05) is 40.8 Å². The Morgan fingerprint density at radius 2 is 1.86 bits per heavy atom. The normalized spacial score (nSPS) is 12.1. The number of nitrogens with one attached hydrogen (secondary N) is 4. The van der Waals surface area contributed by atoms with Gasteiger partial charge < -0.3 is 25.3 Å². The van der Waals surface area contributed by atoms with Gasteiger partial charge in [0.1, 0.15) is 12.0 Å². The first kappa shape index (κ1) is 29.0. The van der Waals surface area contributed by atoms with Crippen LogP contribution in [0.4, 0.5) is 24.5 Å². The van der Waals surface area contributed by atoms with Crippen molar-refractivity contribution in [3.63, 3.8) is 0 Å². The molecule has 2 aromatic heterocycles. The van der Waals surface area contributed by atoms with Crippen LogP contribution in [0.5, 0.6) is 0 Å². The van der Waals surface area contributed by atoms with Crippen LogP contribution in [0, 0.1) is 6.92 Å². The summed E-state index contributed by atoms with van der Waals surface area (Å²) < 4.78 is 42.3. The molecule has 220 valence electrons. The lowest BCUT2D eigenvalue weighted by Gasteiger charge is -2.13. The number of fused-ring (bicyclic) bond motifs is 1. The second-order valence-electron chi connectivity index (χ2n) is 9.93. The number of amides is 2. The first-order valence-electron chi connectivity index (χ1n) is 13.1. The van der Waals surface area contributed by atoms with Gasteiger partial charge in [-0.3, -0.25) is 14.7 Å². The maximum absolute atomic E-state index is 13.6. The van der Waals surface area contributed by atoms with Crippen molar-refractivity contribution < 1.29 is 27.6 Å². The highest BCUT2D eigenvalue weighted by Crippen LogP contribution is 2.32. The second-order valence-corrected chi connectivity index (χ2v) is 9.93. The number of hydrogen-bond acceptors (Lipinski definition) is 6. The minimum atomic E-state index is -4.64. The Bertz CT molecular complexity index is 1830. The molecule has 10 nitrogen and oxygen atoms in total. The average molecular weight is 590 g/mol. The van der Waals surface area contributed by atoms with Gasteiger partial charge in [0.2, 0.25) is 0 Å². The Balaban J connectivity index is 1.29. The number of carbonyl (C=O) groups excluding carboxylic acids is 3. The number of aromatic nitrogens is 4. The van der Waals surface area contributed by atoms with E-state index in [-0.39, 0.29) is 16.9 Å². The summed E-state index contributed by atoms with van der Waals surface area (Å²) >= 11 is 0. The van der Waals surface area contributed by atoms with Crippen molar-refractivity contribution >= 4 is 40.4 Å². The zero-order valence-electron chi connectivity index (χ0n) is 23.0. The van der Waals surface area contributed by atoms with Gasteiger partial charge in [0.05, 0.1) is 29.1 Å². The number of halogens is 3. The van der Waals surface area contributed by atoms with Crippen molar-refractivity contribution in [2.75, 3.05) is 10.6 Å². The van der Waals surface area contributed by atoms with Gasteiger partial charge in [0.15, 0.2) is 0 Å². The van der Waals surface area contributed by atoms with Crippen LogP contribution in [0.2, 0.25) is 0 Å². The summed E-state index contributed by atoms with van der Waals surface area (Å²) in [4.78, 5) is 40.3. The number of carbonyl (C=O) groups is 3. The molecular formula is C30H26F3N7O3. The third-order valence-electron chi connectivity index (χ3n) is 6.54. The van der Waals surface area contributed by atoms with Crippen molar-refractivity contribution in [2.24, 2.45) is 0 Å². The van der Waals surface area contributed by atoms with E-state index in [9.17, 15) is 27.6 Å². The Labute approximate surface area is 243 Å². The SMILES string of the molecule is Cc1cn(-c2cc(C(=O)Nc3cccc(CNc4ccc5c(C(=O)N[C@@H](C)C=O)[nH]nc5c4)c3)cc(C(F)(F)F)c2)cn1. The minimum Gasteiger partial charge on any atom is -0.381 e. The van der Waals surface area contributed by atoms with Gasteiger partial charge in [-0.05, 0) is 67.9 Å². The summed E-state index contributed by atoms with van der Waals surface area (Å²) in [5.74, 6) is -1.14. The molecule has 0 aliphatic rings. The number of hydrogen-bond donors (Lipinski definition) is 4. The van der Waals surface area contributed by atoms with Crippen LogP contribution >= 0.6 is 0 Å². The van der Waals surface area contributed by atoms with Crippen molar-refractivity contribution in [1.29, 1.82) is 0 Å². The first-order valence-corrected chi connectivity index (χ1v) is 13.1. The van der Waals surface area contributed by atoms with E-state index in [0.29, 0.717) is 40.8 Å². The largest absolute Gasteiger partial charge is 0.416 e. The molecule has 2 heterocycles. The van der Waals surface area contributed by atoms with Crippen LogP contribution < -0.4 is 16.0 Å². The molecule has 5 aromatic rings. The van der Waals surface area contributed by atoms with Gasteiger partial charge in [-0.1, -0.05) is 12.1 Å². The fourth-order valence-electron chi connectivity index (χ4n) is 4.39. The topological polar surface area (TPSA) is 134 Å². The predicted molar refractivity (Wildman–Crippen MR) is 154 cm³/mol. The molecule has 0 aliphatic carbocycles. The lowest BCUT2D eigenvalue weighted by Crippen LogP contribution is -2.33. The molecule has 0 radical (unpaired) electrons. The molecule has 0 saturated carbocycles. The molecular weight excluding hydrogens is 563 g/mol. The van der Waals surface area contributed by atoms with Crippen LogP contribution in [-0.2, 0) is 17.5 Å². The molecule has 2 amide bonds. The maximum atomic E-state index is 13.6. The van der Waals surface area contributed by atoms with Crippen LogP contribution in [0.25, 0.3) is 16.6 Å². The van der Waals surface area contributed by atoms with Crippen LogP contribution in [0.3, 0.4) is 0 Å². The van der Waals surface area contributed by atoms with E-state index in [0.717, 1.165) is 17.7 Å². The Morgan fingerprint density at radius 1 is 1.05 bits per heavy atom.